The summed E-state index contributed by atoms with van der Waals surface area (Å²) in [5.74, 6) is 0. The molecule has 0 saturated heterocycles. The maximum atomic E-state index is 12.0. The molecule has 0 radical (unpaired) electrons. The maximum Gasteiger partial charge on any atom is 0.242 e. The minimum absolute atomic E-state index is 0.0605. The SMILES string of the molecule is COC[C@H](C)NS(=O)(=O)c1ccc(Br)cc1Cl. The van der Waals surface area contributed by atoms with Crippen molar-refractivity contribution in [2.24, 2.45) is 0 Å². The Morgan fingerprint density at radius 3 is 2.71 bits per heavy atom. The molecule has 0 saturated carbocycles. The zero-order chi connectivity index (χ0) is 13.1. The summed E-state index contributed by atoms with van der Waals surface area (Å²) in [6.45, 7) is 2.02. The third kappa shape index (κ3) is 4.22. The van der Waals surface area contributed by atoms with Crippen molar-refractivity contribution in [1.29, 1.82) is 0 Å². The smallest absolute Gasteiger partial charge is 0.242 e. The van der Waals surface area contributed by atoms with Crippen molar-refractivity contribution in [2.75, 3.05) is 13.7 Å². The summed E-state index contributed by atoms with van der Waals surface area (Å²) in [7, 11) is -2.10. The van der Waals surface area contributed by atoms with Crippen LogP contribution in [-0.4, -0.2) is 28.2 Å². The standard InChI is InChI=1S/C10H13BrClNO3S/c1-7(6-16-2)13-17(14,15)10-4-3-8(11)5-9(10)12/h3-5,7,13H,6H2,1-2H3/t7-/m0/s1. The molecule has 4 nitrogen and oxygen atoms in total. The Balaban J connectivity index is 2.97. The molecule has 1 rings (SSSR count). The Labute approximate surface area is 114 Å². The lowest BCUT2D eigenvalue weighted by Gasteiger charge is -2.14. The van der Waals surface area contributed by atoms with E-state index in [1.54, 1.807) is 13.0 Å². The lowest BCUT2D eigenvalue weighted by Crippen LogP contribution is -2.35. The summed E-state index contributed by atoms with van der Waals surface area (Å²) in [5, 5.41) is 0.177. The van der Waals surface area contributed by atoms with Crippen LogP contribution in [0.25, 0.3) is 0 Å². The van der Waals surface area contributed by atoms with Gasteiger partial charge in [-0.15, -0.1) is 0 Å². The summed E-state index contributed by atoms with van der Waals surface area (Å²) in [6.07, 6.45) is 0. The second-order valence-corrected chi connectivity index (χ2v) is 6.56. The second-order valence-electron chi connectivity index (χ2n) is 3.55. The lowest BCUT2D eigenvalue weighted by atomic mass is 10.4. The van der Waals surface area contributed by atoms with E-state index in [1.165, 1.54) is 19.2 Å². The van der Waals surface area contributed by atoms with Crippen molar-refractivity contribution in [1.82, 2.24) is 4.72 Å². The first-order chi connectivity index (χ1) is 7.86. The zero-order valence-corrected chi connectivity index (χ0v) is 12.6. The van der Waals surface area contributed by atoms with E-state index < -0.39 is 10.0 Å². The first-order valence-corrected chi connectivity index (χ1v) is 7.48. The van der Waals surface area contributed by atoms with E-state index in [4.69, 9.17) is 16.3 Å². The van der Waals surface area contributed by atoms with Crippen LogP contribution >= 0.6 is 27.5 Å². The highest BCUT2D eigenvalue weighted by atomic mass is 79.9. The Kier molecular flexibility index (Phi) is 5.40. The number of ether oxygens (including phenoxy) is 1. The van der Waals surface area contributed by atoms with E-state index >= 15 is 0 Å². The van der Waals surface area contributed by atoms with Gasteiger partial charge in [-0.3, -0.25) is 0 Å². The van der Waals surface area contributed by atoms with Crippen LogP contribution in [0.5, 0.6) is 0 Å². The molecule has 0 aliphatic carbocycles. The molecule has 0 aromatic heterocycles. The minimum atomic E-state index is -3.61. The summed E-state index contributed by atoms with van der Waals surface area (Å²) >= 11 is 9.11. The molecule has 0 unspecified atom stereocenters. The van der Waals surface area contributed by atoms with Gasteiger partial charge in [0.2, 0.25) is 10.0 Å². The normalized spacial score (nSPS) is 13.6. The minimum Gasteiger partial charge on any atom is -0.383 e. The van der Waals surface area contributed by atoms with Gasteiger partial charge in [0.15, 0.2) is 0 Å². The number of hydrogen-bond donors (Lipinski definition) is 1. The Bertz CT molecular complexity index is 492. The van der Waals surface area contributed by atoms with Crippen molar-refractivity contribution in [2.45, 2.75) is 17.9 Å². The fraction of sp³-hybridized carbons (Fsp3) is 0.400. The molecule has 17 heavy (non-hydrogen) atoms. The van der Waals surface area contributed by atoms with Gasteiger partial charge in [0, 0.05) is 17.6 Å². The molecule has 0 aliphatic rings. The molecule has 7 heteroatoms. The number of hydrogen-bond acceptors (Lipinski definition) is 3. The molecule has 0 heterocycles. The van der Waals surface area contributed by atoms with Gasteiger partial charge >= 0.3 is 0 Å². The topological polar surface area (TPSA) is 55.4 Å². The average Bonchev–Trinajstić information content (AvgIpc) is 2.15. The fourth-order valence-corrected chi connectivity index (χ4v) is 3.57. The van der Waals surface area contributed by atoms with Crippen molar-refractivity contribution >= 4 is 37.6 Å². The van der Waals surface area contributed by atoms with E-state index in [-0.39, 0.29) is 16.0 Å². The number of rotatable bonds is 5. The van der Waals surface area contributed by atoms with E-state index in [0.29, 0.717) is 6.61 Å². The number of halogens is 2. The van der Waals surface area contributed by atoms with Crippen molar-refractivity contribution in [3.05, 3.63) is 27.7 Å². The van der Waals surface area contributed by atoms with Crippen LogP contribution in [0.15, 0.2) is 27.6 Å². The first-order valence-electron chi connectivity index (χ1n) is 4.83. The highest BCUT2D eigenvalue weighted by molar-refractivity contribution is 9.10. The van der Waals surface area contributed by atoms with Crippen molar-refractivity contribution in [3.63, 3.8) is 0 Å². The number of sulfonamides is 1. The van der Waals surface area contributed by atoms with Gasteiger partial charge in [-0.2, -0.15) is 0 Å². The van der Waals surface area contributed by atoms with Crippen LogP contribution in [0.1, 0.15) is 6.92 Å². The largest absolute Gasteiger partial charge is 0.383 e. The molecule has 0 spiro atoms. The highest BCUT2D eigenvalue weighted by Crippen LogP contribution is 2.25. The highest BCUT2D eigenvalue weighted by Gasteiger charge is 2.20. The molecule has 1 aromatic rings. The third-order valence-electron chi connectivity index (χ3n) is 1.96. The number of nitrogens with one attached hydrogen (secondary N) is 1. The second kappa shape index (κ2) is 6.15. The monoisotopic (exact) mass is 341 g/mol. The van der Waals surface area contributed by atoms with Crippen molar-refractivity contribution < 1.29 is 13.2 Å². The molecule has 0 aliphatic heterocycles. The van der Waals surface area contributed by atoms with Gasteiger partial charge in [-0.1, -0.05) is 27.5 Å². The quantitative estimate of drug-likeness (QED) is 0.894. The van der Waals surface area contributed by atoms with Crippen LogP contribution in [0, 0.1) is 0 Å². The predicted octanol–water partition coefficient (Wildman–Crippen LogP) is 2.42. The van der Waals surface area contributed by atoms with Crippen LogP contribution < -0.4 is 4.72 Å². The van der Waals surface area contributed by atoms with E-state index in [0.717, 1.165) is 4.47 Å². The van der Waals surface area contributed by atoms with Gasteiger partial charge in [0.05, 0.1) is 11.6 Å². The summed E-state index contributed by atoms with van der Waals surface area (Å²) in [4.78, 5) is 0.0605. The predicted molar refractivity (Wildman–Crippen MR) is 70.8 cm³/mol. The average molecular weight is 343 g/mol. The lowest BCUT2D eigenvalue weighted by molar-refractivity contribution is 0.180. The van der Waals surface area contributed by atoms with Gasteiger partial charge in [-0.05, 0) is 25.1 Å². The Morgan fingerprint density at radius 2 is 2.18 bits per heavy atom. The van der Waals surface area contributed by atoms with Crippen LogP contribution in [0.4, 0.5) is 0 Å². The molecular weight excluding hydrogens is 330 g/mol. The maximum absolute atomic E-state index is 12.0. The van der Waals surface area contributed by atoms with E-state index in [2.05, 4.69) is 20.7 Å². The van der Waals surface area contributed by atoms with Gasteiger partial charge in [0.1, 0.15) is 4.90 Å². The molecule has 0 amide bonds. The van der Waals surface area contributed by atoms with Crippen LogP contribution in [0.3, 0.4) is 0 Å². The molecule has 1 aromatic carbocycles. The summed E-state index contributed by atoms with van der Waals surface area (Å²) < 4.78 is 32.0. The Hall–Kier alpha value is -0.140. The summed E-state index contributed by atoms with van der Waals surface area (Å²) in [5.41, 5.74) is 0. The molecular formula is C10H13BrClNO3S. The van der Waals surface area contributed by atoms with Crippen LogP contribution in [0.2, 0.25) is 5.02 Å². The van der Waals surface area contributed by atoms with Gasteiger partial charge < -0.3 is 4.74 Å². The van der Waals surface area contributed by atoms with Crippen molar-refractivity contribution in [3.8, 4) is 0 Å². The molecule has 1 atom stereocenters. The molecule has 0 bridgehead atoms. The fourth-order valence-electron chi connectivity index (χ4n) is 1.31. The third-order valence-corrected chi connectivity index (χ3v) is 4.52. The Morgan fingerprint density at radius 1 is 1.53 bits per heavy atom. The van der Waals surface area contributed by atoms with Gasteiger partial charge in [-0.25, -0.2) is 13.1 Å². The number of methoxy groups -OCH3 is 1. The summed E-state index contributed by atoms with van der Waals surface area (Å²) in [6, 6.07) is 4.30. The van der Waals surface area contributed by atoms with Gasteiger partial charge in [0.25, 0.3) is 0 Å². The van der Waals surface area contributed by atoms with Crippen LogP contribution in [-0.2, 0) is 14.8 Å². The van der Waals surface area contributed by atoms with E-state index in [9.17, 15) is 8.42 Å². The zero-order valence-electron chi connectivity index (χ0n) is 9.41. The first kappa shape index (κ1) is 14.9. The number of benzene rings is 1. The molecule has 0 fully saturated rings. The van der Waals surface area contributed by atoms with E-state index in [1.807, 2.05) is 0 Å². The molecule has 1 N–H and O–H groups in total. The molecule has 96 valence electrons.